The largest absolute Gasteiger partial charge is 0.391 e. The molecule has 1 aliphatic carbocycles. The summed E-state index contributed by atoms with van der Waals surface area (Å²) < 4.78 is 0. The summed E-state index contributed by atoms with van der Waals surface area (Å²) in [6, 6.07) is 1.75. The maximum Gasteiger partial charge on any atom is 0.254 e. The number of thiocarbonyl (C=S) groups is 1. The van der Waals surface area contributed by atoms with Crippen LogP contribution in [0, 0.1) is 19.8 Å². The number of amides is 1. The van der Waals surface area contributed by atoms with Gasteiger partial charge in [0.2, 0.25) is 0 Å². The van der Waals surface area contributed by atoms with Crippen molar-refractivity contribution in [1.29, 1.82) is 0 Å². The van der Waals surface area contributed by atoms with Crippen molar-refractivity contribution in [2.24, 2.45) is 11.7 Å². The normalized spacial score (nSPS) is 25.4. The summed E-state index contributed by atoms with van der Waals surface area (Å²) in [6.07, 6.45) is 3.63. The minimum atomic E-state index is -0.567. The molecule has 1 fully saturated rings. The molecule has 1 saturated carbocycles. The molecule has 1 aromatic heterocycles. The fraction of sp³-hybridized carbons (Fsp3) is 0.600. The van der Waals surface area contributed by atoms with Crippen molar-refractivity contribution in [3.05, 3.63) is 23.0 Å². The highest BCUT2D eigenvalue weighted by molar-refractivity contribution is 7.80. The van der Waals surface area contributed by atoms with Crippen molar-refractivity contribution in [3.8, 4) is 0 Å². The average Bonchev–Trinajstić information content (AvgIpc) is 2.44. The molecule has 0 radical (unpaired) electrons. The summed E-state index contributed by atoms with van der Waals surface area (Å²) in [7, 11) is 0. The Bertz CT molecular complexity index is 565. The van der Waals surface area contributed by atoms with Crippen molar-refractivity contribution in [3.63, 3.8) is 0 Å². The number of hydrogen-bond donors (Lipinski definition) is 2. The Morgan fingerprint density at radius 2 is 2.00 bits per heavy atom. The second kappa shape index (κ2) is 6.05. The number of rotatable bonds is 3. The summed E-state index contributed by atoms with van der Waals surface area (Å²) >= 11 is 5.23. The number of nitrogens with two attached hydrogens (primary N) is 1. The molecule has 1 aromatic rings. The minimum absolute atomic E-state index is 0.173. The third-order valence-electron chi connectivity index (χ3n) is 4.30. The summed E-state index contributed by atoms with van der Waals surface area (Å²) in [5.74, 6) is 0.476. The molecule has 1 aliphatic rings. The van der Waals surface area contributed by atoms with Gasteiger partial charge < -0.3 is 11.1 Å². The fourth-order valence-electron chi connectivity index (χ4n) is 2.75. The first-order valence-corrected chi connectivity index (χ1v) is 7.68. The molecule has 0 spiro atoms. The molecule has 0 aromatic carbocycles. The van der Waals surface area contributed by atoms with Crippen LogP contribution in [0.1, 0.15) is 54.4 Å². The van der Waals surface area contributed by atoms with E-state index in [9.17, 15) is 4.79 Å². The van der Waals surface area contributed by atoms with Gasteiger partial charge in [0.1, 0.15) is 0 Å². The van der Waals surface area contributed by atoms with Crippen molar-refractivity contribution >= 4 is 23.1 Å². The molecule has 2 rings (SSSR count). The lowest BCUT2D eigenvalue weighted by Crippen LogP contribution is -2.58. The van der Waals surface area contributed by atoms with E-state index in [2.05, 4.69) is 22.4 Å². The van der Waals surface area contributed by atoms with Gasteiger partial charge >= 0.3 is 0 Å². The molecule has 1 heterocycles. The molecule has 0 atom stereocenters. The lowest BCUT2D eigenvalue weighted by atomic mass is 9.77. The van der Waals surface area contributed by atoms with E-state index in [1.54, 1.807) is 13.0 Å². The van der Waals surface area contributed by atoms with Gasteiger partial charge in [-0.2, -0.15) is 10.2 Å². The van der Waals surface area contributed by atoms with E-state index in [-0.39, 0.29) is 5.91 Å². The third kappa shape index (κ3) is 3.37. The van der Waals surface area contributed by atoms with E-state index in [4.69, 9.17) is 18.0 Å². The first-order chi connectivity index (χ1) is 9.84. The van der Waals surface area contributed by atoms with E-state index in [0.29, 0.717) is 27.9 Å². The molecule has 0 aliphatic heterocycles. The first kappa shape index (κ1) is 15.8. The smallest absolute Gasteiger partial charge is 0.254 e. The number of nitrogens with zero attached hydrogens (tertiary/aromatic N) is 2. The summed E-state index contributed by atoms with van der Waals surface area (Å²) in [6.45, 7) is 5.80. The van der Waals surface area contributed by atoms with Gasteiger partial charge in [0.25, 0.3) is 5.91 Å². The van der Waals surface area contributed by atoms with Crippen LogP contribution in [0.15, 0.2) is 6.07 Å². The second-order valence-corrected chi connectivity index (χ2v) is 6.51. The first-order valence-electron chi connectivity index (χ1n) is 7.27. The van der Waals surface area contributed by atoms with Gasteiger partial charge in [-0.3, -0.25) is 4.79 Å². The second-order valence-electron chi connectivity index (χ2n) is 6.07. The Morgan fingerprint density at radius 3 is 2.57 bits per heavy atom. The Morgan fingerprint density at radius 1 is 1.38 bits per heavy atom. The lowest BCUT2D eigenvalue weighted by molar-refractivity contribution is 0.0899. The van der Waals surface area contributed by atoms with E-state index < -0.39 is 5.54 Å². The van der Waals surface area contributed by atoms with E-state index >= 15 is 0 Å². The Balaban J connectivity index is 2.23. The van der Waals surface area contributed by atoms with Gasteiger partial charge in [-0.15, -0.1) is 0 Å². The van der Waals surface area contributed by atoms with Crippen LogP contribution >= 0.6 is 12.2 Å². The molecule has 0 unspecified atom stereocenters. The topological polar surface area (TPSA) is 80.9 Å². The van der Waals surface area contributed by atoms with Gasteiger partial charge in [0.15, 0.2) is 0 Å². The van der Waals surface area contributed by atoms with Crippen LogP contribution in [0.4, 0.5) is 0 Å². The monoisotopic (exact) mass is 306 g/mol. The molecule has 1 amide bonds. The van der Waals surface area contributed by atoms with Gasteiger partial charge in [-0.1, -0.05) is 19.1 Å². The van der Waals surface area contributed by atoms with Crippen LogP contribution in [0.25, 0.3) is 0 Å². The molecule has 0 bridgehead atoms. The minimum Gasteiger partial charge on any atom is -0.391 e. The molecule has 3 N–H and O–H groups in total. The van der Waals surface area contributed by atoms with Crippen molar-refractivity contribution < 1.29 is 4.79 Å². The number of carbonyl (C=O) groups is 1. The van der Waals surface area contributed by atoms with Crippen LogP contribution in [-0.2, 0) is 0 Å². The summed E-state index contributed by atoms with van der Waals surface area (Å²) in [5.41, 5.74) is 7.23. The fourth-order valence-corrected chi connectivity index (χ4v) is 3.01. The highest BCUT2D eigenvalue weighted by Gasteiger charge is 2.38. The van der Waals surface area contributed by atoms with Crippen LogP contribution in [-0.4, -0.2) is 26.6 Å². The maximum absolute atomic E-state index is 12.6. The van der Waals surface area contributed by atoms with Crippen molar-refractivity contribution in [1.82, 2.24) is 15.5 Å². The molecule has 5 nitrogen and oxygen atoms in total. The predicted octanol–water partition coefficient (Wildman–Crippen LogP) is 2.06. The molecule has 0 saturated heterocycles. The Hall–Kier alpha value is -1.56. The number of nitrogens with one attached hydrogen (secondary N) is 1. The van der Waals surface area contributed by atoms with E-state index in [1.165, 1.54) is 0 Å². The van der Waals surface area contributed by atoms with Crippen LogP contribution in [0.5, 0.6) is 0 Å². The van der Waals surface area contributed by atoms with E-state index in [1.807, 2.05) is 6.92 Å². The Kier molecular flexibility index (Phi) is 4.56. The highest BCUT2D eigenvalue weighted by atomic mass is 32.1. The summed E-state index contributed by atoms with van der Waals surface area (Å²) in [4.78, 5) is 13.0. The van der Waals surface area contributed by atoms with E-state index in [0.717, 1.165) is 25.7 Å². The molecular formula is C15H22N4OS. The number of aromatic nitrogens is 2. The molecule has 114 valence electrons. The van der Waals surface area contributed by atoms with Gasteiger partial charge in [0.05, 0.1) is 27.5 Å². The molecule has 21 heavy (non-hydrogen) atoms. The van der Waals surface area contributed by atoms with Crippen LogP contribution < -0.4 is 11.1 Å². The SMILES string of the molecule is Cc1cc(C(=O)NC2(C(N)=S)CCC(C)CC2)c(C)nn1. The van der Waals surface area contributed by atoms with Crippen molar-refractivity contribution in [2.75, 3.05) is 0 Å². The number of hydrogen-bond acceptors (Lipinski definition) is 4. The van der Waals surface area contributed by atoms with Gasteiger partial charge in [-0.05, 0) is 51.5 Å². The number of aryl methyl sites for hydroxylation is 2. The average molecular weight is 306 g/mol. The third-order valence-corrected chi connectivity index (χ3v) is 4.69. The van der Waals surface area contributed by atoms with Crippen LogP contribution in [0.2, 0.25) is 0 Å². The predicted molar refractivity (Wildman–Crippen MR) is 86.1 cm³/mol. The zero-order chi connectivity index (χ0) is 15.6. The zero-order valence-electron chi connectivity index (χ0n) is 12.8. The number of carbonyl (C=O) groups excluding carboxylic acids is 1. The van der Waals surface area contributed by atoms with Gasteiger partial charge in [-0.25, -0.2) is 0 Å². The standard InChI is InChI=1S/C15H22N4OS/c1-9-4-6-15(7-5-9,14(16)21)17-13(20)12-8-10(2)18-19-11(12)3/h8-9H,4-7H2,1-3H3,(H2,16,21)(H,17,20). The Labute approximate surface area is 130 Å². The zero-order valence-corrected chi connectivity index (χ0v) is 13.6. The highest BCUT2D eigenvalue weighted by Crippen LogP contribution is 2.32. The van der Waals surface area contributed by atoms with Crippen LogP contribution in [0.3, 0.4) is 0 Å². The molecular weight excluding hydrogens is 284 g/mol. The quantitative estimate of drug-likeness (QED) is 0.835. The van der Waals surface area contributed by atoms with Gasteiger partial charge in [0, 0.05) is 0 Å². The molecule has 6 heteroatoms. The van der Waals surface area contributed by atoms with Crippen molar-refractivity contribution in [2.45, 2.75) is 52.0 Å². The summed E-state index contributed by atoms with van der Waals surface area (Å²) in [5, 5.41) is 11.0. The maximum atomic E-state index is 12.6. The lowest BCUT2D eigenvalue weighted by Gasteiger charge is -2.39.